The van der Waals surface area contributed by atoms with Crippen molar-refractivity contribution in [3.8, 4) is 0 Å². The number of thiophene rings is 2. The van der Waals surface area contributed by atoms with Crippen LogP contribution < -0.4 is 5.32 Å². The molecule has 0 unspecified atom stereocenters. The predicted molar refractivity (Wildman–Crippen MR) is 74.8 cm³/mol. The summed E-state index contributed by atoms with van der Waals surface area (Å²) in [7, 11) is 0. The quantitative estimate of drug-likeness (QED) is 0.933. The summed E-state index contributed by atoms with van der Waals surface area (Å²) in [5.74, 6) is 2.19. The number of hydrogen-bond donors (Lipinski definition) is 1. The van der Waals surface area contributed by atoms with Crippen molar-refractivity contribution in [2.24, 2.45) is 0 Å². The SMILES string of the molecule is O=C(NCc1cccs1)c1cc2c(s1)CSC2. The number of carbonyl (C=O) groups is 1. The summed E-state index contributed by atoms with van der Waals surface area (Å²) in [5, 5.41) is 4.99. The largest absolute Gasteiger partial charge is 0.346 e. The Balaban J connectivity index is 1.65. The molecule has 1 amide bonds. The minimum atomic E-state index is 0.0581. The van der Waals surface area contributed by atoms with E-state index in [0.29, 0.717) is 6.54 Å². The van der Waals surface area contributed by atoms with Crippen molar-refractivity contribution in [3.05, 3.63) is 43.8 Å². The average Bonchev–Trinajstić information content (AvgIpc) is 3.01. The van der Waals surface area contributed by atoms with Crippen LogP contribution in [0.3, 0.4) is 0 Å². The van der Waals surface area contributed by atoms with Gasteiger partial charge in [0.2, 0.25) is 0 Å². The average molecular weight is 281 g/mol. The molecule has 17 heavy (non-hydrogen) atoms. The molecule has 0 saturated heterocycles. The van der Waals surface area contributed by atoms with Crippen LogP contribution in [-0.4, -0.2) is 5.91 Å². The van der Waals surface area contributed by atoms with Crippen LogP contribution >= 0.6 is 34.4 Å². The molecule has 0 spiro atoms. The van der Waals surface area contributed by atoms with Gasteiger partial charge < -0.3 is 5.32 Å². The molecule has 0 aliphatic carbocycles. The van der Waals surface area contributed by atoms with Crippen LogP contribution in [-0.2, 0) is 18.1 Å². The maximum atomic E-state index is 11.9. The van der Waals surface area contributed by atoms with Gasteiger partial charge in [-0.15, -0.1) is 22.7 Å². The summed E-state index contributed by atoms with van der Waals surface area (Å²) in [6, 6.07) is 6.09. The first-order chi connectivity index (χ1) is 8.33. The smallest absolute Gasteiger partial charge is 0.261 e. The van der Waals surface area contributed by atoms with E-state index in [1.807, 2.05) is 35.3 Å². The highest BCUT2D eigenvalue weighted by Gasteiger charge is 2.18. The second-order valence-corrected chi connectivity index (χ2v) is 6.97. The first-order valence-electron chi connectivity index (χ1n) is 5.33. The molecule has 2 aromatic rings. The van der Waals surface area contributed by atoms with Gasteiger partial charge in [-0.3, -0.25) is 4.79 Å². The molecule has 0 radical (unpaired) electrons. The van der Waals surface area contributed by atoms with Crippen LogP contribution in [0.15, 0.2) is 23.6 Å². The third-order valence-corrected chi connectivity index (χ3v) is 5.86. The van der Waals surface area contributed by atoms with Crippen molar-refractivity contribution in [2.45, 2.75) is 18.1 Å². The summed E-state index contributed by atoms with van der Waals surface area (Å²) in [5.41, 5.74) is 1.35. The van der Waals surface area contributed by atoms with E-state index in [2.05, 4.69) is 5.32 Å². The Morgan fingerprint density at radius 2 is 2.35 bits per heavy atom. The van der Waals surface area contributed by atoms with Gasteiger partial charge in [-0.25, -0.2) is 0 Å². The summed E-state index contributed by atoms with van der Waals surface area (Å²) in [6.07, 6.45) is 0. The Hall–Kier alpha value is -0.780. The summed E-state index contributed by atoms with van der Waals surface area (Å²) < 4.78 is 0. The number of hydrogen-bond acceptors (Lipinski definition) is 4. The van der Waals surface area contributed by atoms with Crippen molar-refractivity contribution < 1.29 is 4.79 Å². The maximum Gasteiger partial charge on any atom is 0.261 e. The molecule has 0 fully saturated rings. The van der Waals surface area contributed by atoms with Crippen LogP contribution in [0.25, 0.3) is 0 Å². The number of carbonyl (C=O) groups excluding carboxylic acids is 1. The molecule has 0 atom stereocenters. The summed E-state index contributed by atoms with van der Waals surface area (Å²) in [4.78, 5) is 15.4. The highest BCUT2D eigenvalue weighted by atomic mass is 32.2. The fourth-order valence-corrected chi connectivity index (χ4v) is 4.81. The molecule has 2 nitrogen and oxygen atoms in total. The van der Waals surface area contributed by atoms with Gasteiger partial charge in [0, 0.05) is 21.3 Å². The van der Waals surface area contributed by atoms with E-state index in [-0.39, 0.29) is 5.91 Å². The Morgan fingerprint density at radius 3 is 3.12 bits per heavy atom. The molecule has 88 valence electrons. The third kappa shape index (κ3) is 2.41. The van der Waals surface area contributed by atoms with Gasteiger partial charge in [0.1, 0.15) is 0 Å². The minimum Gasteiger partial charge on any atom is -0.346 e. The molecule has 5 heteroatoms. The first-order valence-corrected chi connectivity index (χ1v) is 8.18. The number of thioether (sulfide) groups is 1. The van der Waals surface area contributed by atoms with Crippen LogP contribution in [0.5, 0.6) is 0 Å². The molecule has 2 aromatic heterocycles. The molecule has 3 rings (SSSR count). The molecular formula is C12H11NOS3. The van der Waals surface area contributed by atoms with Gasteiger partial charge in [-0.1, -0.05) is 6.07 Å². The lowest BCUT2D eigenvalue weighted by Gasteiger charge is -2.00. The second kappa shape index (κ2) is 4.84. The van der Waals surface area contributed by atoms with Crippen LogP contribution in [0.1, 0.15) is 25.0 Å². The highest BCUT2D eigenvalue weighted by Crippen LogP contribution is 2.36. The van der Waals surface area contributed by atoms with Crippen molar-refractivity contribution in [2.75, 3.05) is 0 Å². The fourth-order valence-electron chi connectivity index (χ4n) is 1.74. The Morgan fingerprint density at radius 1 is 1.41 bits per heavy atom. The number of fused-ring (bicyclic) bond motifs is 1. The van der Waals surface area contributed by atoms with Crippen molar-refractivity contribution in [1.82, 2.24) is 5.32 Å². The normalized spacial score (nSPS) is 13.6. The van der Waals surface area contributed by atoms with Gasteiger partial charge in [0.25, 0.3) is 5.91 Å². The van der Waals surface area contributed by atoms with Crippen molar-refractivity contribution in [1.29, 1.82) is 0 Å². The lowest BCUT2D eigenvalue weighted by Crippen LogP contribution is -2.21. The van der Waals surface area contributed by atoms with Gasteiger partial charge in [0.05, 0.1) is 11.4 Å². The second-order valence-electron chi connectivity index (χ2n) is 3.81. The monoisotopic (exact) mass is 281 g/mol. The first kappa shape index (κ1) is 11.3. The zero-order valence-electron chi connectivity index (χ0n) is 9.06. The maximum absolute atomic E-state index is 11.9. The Bertz CT molecular complexity index is 508. The van der Waals surface area contributed by atoms with E-state index < -0.39 is 0 Å². The van der Waals surface area contributed by atoms with E-state index in [1.165, 1.54) is 15.3 Å². The van der Waals surface area contributed by atoms with Crippen LogP contribution in [0.4, 0.5) is 0 Å². The Labute approximate surface area is 112 Å². The van der Waals surface area contributed by atoms with E-state index >= 15 is 0 Å². The van der Waals surface area contributed by atoms with Gasteiger partial charge in [-0.05, 0) is 23.1 Å². The van der Waals surface area contributed by atoms with Crippen molar-refractivity contribution in [3.63, 3.8) is 0 Å². The summed E-state index contributed by atoms with van der Waals surface area (Å²) >= 11 is 5.23. The molecule has 1 aliphatic rings. The molecule has 3 heterocycles. The molecular weight excluding hydrogens is 270 g/mol. The molecule has 1 aliphatic heterocycles. The van der Waals surface area contributed by atoms with E-state index in [1.54, 1.807) is 22.7 Å². The van der Waals surface area contributed by atoms with Crippen molar-refractivity contribution >= 4 is 40.3 Å². The van der Waals surface area contributed by atoms with Gasteiger partial charge in [-0.2, -0.15) is 11.8 Å². The topological polar surface area (TPSA) is 29.1 Å². The third-order valence-electron chi connectivity index (χ3n) is 2.61. The van der Waals surface area contributed by atoms with E-state index in [0.717, 1.165) is 16.4 Å². The molecule has 0 bridgehead atoms. The lowest BCUT2D eigenvalue weighted by molar-refractivity contribution is 0.0955. The number of nitrogens with one attached hydrogen (secondary N) is 1. The predicted octanol–water partition coefficient (Wildman–Crippen LogP) is 3.49. The lowest BCUT2D eigenvalue weighted by atomic mass is 10.3. The zero-order chi connectivity index (χ0) is 11.7. The van der Waals surface area contributed by atoms with E-state index in [4.69, 9.17) is 0 Å². The highest BCUT2D eigenvalue weighted by molar-refractivity contribution is 7.98. The van der Waals surface area contributed by atoms with Gasteiger partial charge >= 0.3 is 0 Å². The molecule has 0 saturated carbocycles. The molecule has 1 N–H and O–H groups in total. The standard InChI is InChI=1S/C12H11NOS3/c14-12(13-5-9-2-1-3-16-9)10-4-8-6-15-7-11(8)17-10/h1-4H,5-7H2,(H,13,14). The fraction of sp³-hybridized carbons (Fsp3) is 0.250. The minimum absolute atomic E-state index is 0.0581. The number of amides is 1. The summed E-state index contributed by atoms with van der Waals surface area (Å²) in [6.45, 7) is 0.633. The Kier molecular flexibility index (Phi) is 3.22. The van der Waals surface area contributed by atoms with Crippen LogP contribution in [0.2, 0.25) is 0 Å². The zero-order valence-corrected chi connectivity index (χ0v) is 11.5. The molecule has 0 aromatic carbocycles. The van der Waals surface area contributed by atoms with Gasteiger partial charge in [0.15, 0.2) is 0 Å². The van der Waals surface area contributed by atoms with E-state index in [9.17, 15) is 4.79 Å². The number of rotatable bonds is 3. The van der Waals surface area contributed by atoms with Crippen LogP contribution in [0, 0.1) is 0 Å².